The lowest BCUT2D eigenvalue weighted by Crippen LogP contribution is -2.29. The molecule has 1 fully saturated rings. The van der Waals surface area contributed by atoms with E-state index in [4.69, 9.17) is 4.74 Å². The molecule has 156 valence electrons. The lowest BCUT2D eigenvalue weighted by atomic mass is 9.95. The lowest BCUT2D eigenvalue weighted by molar-refractivity contribution is -0.378. The fourth-order valence-corrected chi connectivity index (χ4v) is 3.83. The highest BCUT2D eigenvalue weighted by Gasteiger charge is 2.44. The Bertz CT molecular complexity index is 1160. The van der Waals surface area contributed by atoms with E-state index in [0.29, 0.717) is 16.9 Å². The summed E-state index contributed by atoms with van der Waals surface area (Å²) in [7, 11) is 1.55. The molecule has 31 heavy (non-hydrogen) atoms. The van der Waals surface area contributed by atoms with Gasteiger partial charge in [-0.05, 0) is 53.9 Å². The SMILES string of the molecule is COc1ccc(C([O-])=C2C(=O)C(=O)N(Cc3ccc[nH+]c3)C2c2ccncc2)cc1C. The van der Waals surface area contributed by atoms with Gasteiger partial charge in [0.25, 0.3) is 5.91 Å². The molecule has 3 aromatic rings. The van der Waals surface area contributed by atoms with Crippen LogP contribution in [0, 0.1) is 6.92 Å². The Hall–Kier alpha value is -4.00. The summed E-state index contributed by atoms with van der Waals surface area (Å²) in [6, 6.07) is 11.3. The van der Waals surface area contributed by atoms with Crippen LogP contribution < -0.4 is 14.8 Å². The number of benzene rings is 1. The van der Waals surface area contributed by atoms with Crippen LogP contribution in [-0.4, -0.2) is 28.7 Å². The number of nitrogens with one attached hydrogen (secondary N) is 1. The van der Waals surface area contributed by atoms with Gasteiger partial charge in [0, 0.05) is 29.6 Å². The number of H-pyrrole nitrogens is 1. The van der Waals surface area contributed by atoms with Crippen LogP contribution >= 0.6 is 0 Å². The summed E-state index contributed by atoms with van der Waals surface area (Å²) in [6.45, 7) is 2.01. The van der Waals surface area contributed by atoms with Gasteiger partial charge >= 0.3 is 0 Å². The molecule has 2 aromatic heterocycles. The summed E-state index contributed by atoms with van der Waals surface area (Å²) in [5.74, 6) is -1.30. The normalized spacial score (nSPS) is 17.7. The first kappa shape index (κ1) is 20.3. The van der Waals surface area contributed by atoms with Crippen molar-refractivity contribution in [2.75, 3.05) is 7.11 Å². The predicted molar refractivity (Wildman–Crippen MR) is 110 cm³/mol. The van der Waals surface area contributed by atoms with Gasteiger partial charge < -0.3 is 14.7 Å². The molecule has 1 aliphatic rings. The smallest absolute Gasteiger partial charge is 0.295 e. The highest BCUT2D eigenvalue weighted by Crippen LogP contribution is 2.39. The van der Waals surface area contributed by atoms with E-state index in [0.717, 1.165) is 11.1 Å². The molecule has 0 aliphatic carbocycles. The average molecular weight is 415 g/mol. The maximum Gasteiger partial charge on any atom is 0.295 e. The predicted octanol–water partition coefficient (Wildman–Crippen LogP) is 1.64. The second-order valence-electron chi connectivity index (χ2n) is 7.28. The van der Waals surface area contributed by atoms with Crippen molar-refractivity contribution < 1.29 is 24.4 Å². The summed E-state index contributed by atoms with van der Waals surface area (Å²) >= 11 is 0. The second kappa shape index (κ2) is 8.39. The van der Waals surface area contributed by atoms with E-state index in [1.54, 1.807) is 62.2 Å². The van der Waals surface area contributed by atoms with Crippen LogP contribution in [0.4, 0.5) is 0 Å². The monoisotopic (exact) mass is 415 g/mol. The van der Waals surface area contributed by atoms with Crippen LogP contribution in [0.2, 0.25) is 0 Å². The van der Waals surface area contributed by atoms with E-state index in [-0.39, 0.29) is 12.1 Å². The quantitative estimate of drug-likeness (QED) is 0.359. The molecule has 1 amide bonds. The molecule has 1 unspecified atom stereocenters. The van der Waals surface area contributed by atoms with Gasteiger partial charge in [0.1, 0.15) is 5.75 Å². The van der Waals surface area contributed by atoms with Gasteiger partial charge in [-0.2, -0.15) is 0 Å². The minimum atomic E-state index is -0.793. The summed E-state index contributed by atoms with van der Waals surface area (Å²) in [5, 5.41) is 13.4. The molecule has 4 rings (SSSR count). The van der Waals surface area contributed by atoms with Crippen molar-refractivity contribution in [3.8, 4) is 5.75 Å². The molecule has 7 nitrogen and oxygen atoms in total. The number of carbonyl (C=O) groups is 2. The number of carbonyl (C=O) groups excluding carboxylic acids is 2. The van der Waals surface area contributed by atoms with E-state index in [9.17, 15) is 14.7 Å². The van der Waals surface area contributed by atoms with Crippen molar-refractivity contribution in [1.82, 2.24) is 9.88 Å². The van der Waals surface area contributed by atoms with Crippen LogP contribution in [-0.2, 0) is 16.1 Å². The van der Waals surface area contributed by atoms with Gasteiger partial charge in [-0.15, -0.1) is 0 Å². The van der Waals surface area contributed by atoms with E-state index in [1.165, 1.54) is 4.90 Å². The van der Waals surface area contributed by atoms with Crippen LogP contribution in [0.1, 0.15) is 28.3 Å². The number of hydrogen-bond acceptors (Lipinski definition) is 5. The highest BCUT2D eigenvalue weighted by atomic mass is 16.5. The number of amides is 1. The molecule has 1 N–H and O–H groups in total. The van der Waals surface area contributed by atoms with Gasteiger partial charge in [0.05, 0.1) is 19.7 Å². The Morgan fingerprint density at radius 1 is 1.19 bits per heavy atom. The van der Waals surface area contributed by atoms with Gasteiger partial charge in [-0.1, -0.05) is 11.8 Å². The first-order valence-corrected chi connectivity index (χ1v) is 9.77. The summed E-state index contributed by atoms with van der Waals surface area (Å²) in [6.07, 6.45) is 6.68. The number of pyridine rings is 2. The van der Waals surface area contributed by atoms with E-state index >= 15 is 0 Å². The summed E-state index contributed by atoms with van der Waals surface area (Å²) in [4.78, 5) is 34.4. The fraction of sp³-hybridized carbons (Fsp3) is 0.167. The van der Waals surface area contributed by atoms with Gasteiger partial charge in [0.15, 0.2) is 12.4 Å². The highest BCUT2D eigenvalue weighted by molar-refractivity contribution is 6.46. The average Bonchev–Trinajstić information content (AvgIpc) is 3.04. The number of aromatic nitrogens is 2. The minimum absolute atomic E-state index is 0.0549. The van der Waals surface area contributed by atoms with E-state index in [2.05, 4.69) is 9.97 Å². The number of aryl methyl sites for hydroxylation is 1. The molecule has 1 aliphatic heterocycles. The first-order valence-electron chi connectivity index (χ1n) is 9.77. The molecule has 3 heterocycles. The van der Waals surface area contributed by atoms with Crippen LogP contribution in [0.25, 0.3) is 5.76 Å². The van der Waals surface area contributed by atoms with Crippen LogP contribution in [0.15, 0.2) is 72.8 Å². The van der Waals surface area contributed by atoms with Gasteiger partial charge in [0.2, 0.25) is 5.78 Å². The molecule has 7 heteroatoms. The largest absolute Gasteiger partial charge is 0.872 e. The number of likely N-dealkylation sites (tertiary alicyclic amines) is 1. The van der Waals surface area contributed by atoms with E-state index in [1.807, 2.05) is 19.1 Å². The Morgan fingerprint density at radius 3 is 2.61 bits per heavy atom. The molecule has 0 radical (unpaired) electrons. The van der Waals surface area contributed by atoms with Crippen molar-refractivity contribution in [3.05, 3.63) is 95.1 Å². The van der Waals surface area contributed by atoms with Crippen molar-refractivity contribution in [2.24, 2.45) is 0 Å². The van der Waals surface area contributed by atoms with Gasteiger partial charge in [-0.3, -0.25) is 14.6 Å². The van der Waals surface area contributed by atoms with Crippen molar-refractivity contribution >= 4 is 17.4 Å². The van der Waals surface area contributed by atoms with E-state index < -0.39 is 23.5 Å². The molecule has 0 spiro atoms. The summed E-state index contributed by atoms with van der Waals surface area (Å²) < 4.78 is 5.26. The number of rotatable bonds is 5. The topological polar surface area (TPSA) is 96.7 Å². The molecular formula is C24H21N3O4. The molecule has 1 aromatic carbocycles. The standard InChI is InChI=1S/C24H21N3O4/c1-15-12-18(5-6-19(15)31-2)22(28)20-21(17-7-10-25-11-8-17)27(24(30)23(20)29)14-16-4-3-9-26-13-16/h3-13,21,28H,14H2,1-2H3. The lowest BCUT2D eigenvalue weighted by Gasteiger charge is -2.27. The van der Waals surface area contributed by atoms with Gasteiger partial charge in [-0.25, -0.2) is 4.98 Å². The Kier molecular flexibility index (Phi) is 5.49. The molecule has 1 saturated heterocycles. The number of ether oxygens (including phenoxy) is 1. The zero-order chi connectivity index (χ0) is 22.0. The fourth-order valence-electron chi connectivity index (χ4n) is 3.83. The number of aromatic amines is 1. The number of Topliss-reactive ketones (excluding diaryl/α,β-unsaturated/α-hetero) is 1. The molecule has 0 bridgehead atoms. The molecule has 1 atom stereocenters. The zero-order valence-electron chi connectivity index (χ0n) is 17.2. The molecule has 0 saturated carbocycles. The third-order valence-corrected chi connectivity index (χ3v) is 5.33. The number of ketones is 1. The van der Waals surface area contributed by atoms with Crippen LogP contribution in [0.3, 0.4) is 0 Å². The Morgan fingerprint density at radius 2 is 1.97 bits per heavy atom. The number of methoxy groups -OCH3 is 1. The maximum absolute atomic E-state index is 13.4. The van der Waals surface area contributed by atoms with Crippen molar-refractivity contribution in [2.45, 2.75) is 19.5 Å². The molecular weight excluding hydrogens is 394 g/mol. The number of hydrogen-bond donors (Lipinski definition) is 0. The maximum atomic E-state index is 13.4. The summed E-state index contributed by atoms with van der Waals surface area (Å²) in [5.41, 5.74) is 2.52. The number of nitrogens with zero attached hydrogens (tertiary/aromatic N) is 2. The van der Waals surface area contributed by atoms with Crippen molar-refractivity contribution in [3.63, 3.8) is 0 Å². The van der Waals surface area contributed by atoms with Crippen LogP contribution in [0.5, 0.6) is 5.75 Å². The first-order chi connectivity index (χ1) is 15.0. The Labute approximate surface area is 179 Å². The zero-order valence-corrected chi connectivity index (χ0v) is 17.2. The Balaban J connectivity index is 1.85. The third-order valence-electron chi connectivity index (χ3n) is 5.33. The minimum Gasteiger partial charge on any atom is -0.872 e. The second-order valence-corrected chi connectivity index (χ2v) is 7.28. The van der Waals surface area contributed by atoms with Crippen molar-refractivity contribution in [1.29, 1.82) is 0 Å². The third kappa shape index (κ3) is 3.77.